The summed E-state index contributed by atoms with van der Waals surface area (Å²) in [6.07, 6.45) is 0.783. The first-order valence-electron chi connectivity index (χ1n) is 5.61. The van der Waals surface area contributed by atoms with E-state index in [2.05, 4.69) is 0 Å². The summed E-state index contributed by atoms with van der Waals surface area (Å²) in [6, 6.07) is 10.5. The second-order valence-electron chi connectivity index (χ2n) is 3.85. The molecule has 0 spiro atoms. The largest absolute Gasteiger partial charge is 0.507 e. The van der Waals surface area contributed by atoms with Gasteiger partial charge < -0.3 is 9.84 Å². The van der Waals surface area contributed by atoms with Crippen LogP contribution in [0, 0.1) is 0 Å². The maximum atomic E-state index is 11.7. The number of phenols is 1. The van der Waals surface area contributed by atoms with E-state index < -0.39 is 5.97 Å². The molecule has 0 saturated carbocycles. The van der Waals surface area contributed by atoms with E-state index in [1.165, 1.54) is 6.07 Å². The van der Waals surface area contributed by atoms with Crippen molar-refractivity contribution in [3.05, 3.63) is 42.0 Å². The number of ether oxygens (including phenoxy) is 1. The van der Waals surface area contributed by atoms with E-state index in [9.17, 15) is 9.90 Å². The highest BCUT2D eigenvalue weighted by Gasteiger charge is 2.10. The average molecular weight is 230 g/mol. The summed E-state index contributed by atoms with van der Waals surface area (Å²) in [5, 5.41) is 11.4. The van der Waals surface area contributed by atoms with Gasteiger partial charge in [-0.1, -0.05) is 31.2 Å². The number of hydrogen-bond acceptors (Lipinski definition) is 3. The minimum Gasteiger partial charge on any atom is -0.507 e. The number of phenolic OH excluding ortho intramolecular Hbond substituents is 1. The van der Waals surface area contributed by atoms with Crippen molar-refractivity contribution in [1.29, 1.82) is 0 Å². The molecule has 0 aliphatic rings. The zero-order valence-electron chi connectivity index (χ0n) is 9.64. The van der Waals surface area contributed by atoms with Crippen molar-refractivity contribution < 1.29 is 14.6 Å². The molecule has 0 heterocycles. The molecule has 0 amide bonds. The zero-order chi connectivity index (χ0) is 12.3. The molecule has 1 N–H and O–H groups in total. The van der Waals surface area contributed by atoms with E-state index in [1.54, 1.807) is 6.07 Å². The molecule has 0 saturated heterocycles. The highest BCUT2D eigenvalue weighted by molar-refractivity contribution is 5.98. The van der Waals surface area contributed by atoms with Gasteiger partial charge in [0.1, 0.15) is 5.75 Å². The summed E-state index contributed by atoms with van der Waals surface area (Å²) in [6.45, 7) is 2.33. The molecule has 0 bridgehead atoms. The second kappa shape index (κ2) is 4.87. The standard InChI is InChI=1S/C14H14O3/c1-2-7-17-14(16)11-8-10-5-3-4-6-12(10)13(15)9-11/h3-6,8-9,15H,2,7H2,1H3. The predicted octanol–water partition coefficient (Wildman–Crippen LogP) is 3.11. The average Bonchev–Trinajstić information content (AvgIpc) is 2.36. The fourth-order valence-electron chi connectivity index (χ4n) is 1.69. The Kier molecular flexibility index (Phi) is 3.28. The molecule has 0 fully saturated rings. The Morgan fingerprint density at radius 2 is 2.06 bits per heavy atom. The van der Waals surface area contributed by atoms with Gasteiger partial charge in [-0.25, -0.2) is 4.79 Å². The molecule has 0 aromatic heterocycles. The van der Waals surface area contributed by atoms with Gasteiger partial charge in [-0.15, -0.1) is 0 Å². The Morgan fingerprint density at radius 1 is 1.29 bits per heavy atom. The van der Waals surface area contributed by atoms with Crippen LogP contribution in [0.25, 0.3) is 10.8 Å². The fourth-order valence-corrected chi connectivity index (χ4v) is 1.69. The molecule has 0 atom stereocenters. The summed E-state index contributed by atoms with van der Waals surface area (Å²) < 4.78 is 5.03. The molecule has 17 heavy (non-hydrogen) atoms. The van der Waals surface area contributed by atoms with Crippen molar-refractivity contribution in [2.75, 3.05) is 6.61 Å². The van der Waals surface area contributed by atoms with Gasteiger partial charge in [0.05, 0.1) is 12.2 Å². The Labute approximate surface area is 99.6 Å². The summed E-state index contributed by atoms with van der Waals surface area (Å²) in [4.78, 5) is 11.7. The molecule has 3 heteroatoms. The van der Waals surface area contributed by atoms with Gasteiger partial charge in [0, 0.05) is 5.39 Å². The van der Waals surface area contributed by atoms with Crippen molar-refractivity contribution in [1.82, 2.24) is 0 Å². The predicted molar refractivity (Wildman–Crippen MR) is 66.2 cm³/mol. The maximum absolute atomic E-state index is 11.7. The van der Waals surface area contributed by atoms with Crippen LogP contribution >= 0.6 is 0 Å². The maximum Gasteiger partial charge on any atom is 0.338 e. The van der Waals surface area contributed by atoms with Gasteiger partial charge in [-0.2, -0.15) is 0 Å². The molecule has 2 aromatic carbocycles. The number of fused-ring (bicyclic) bond motifs is 1. The van der Waals surface area contributed by atoms with Crippen LogP contribution in [0.15, 0.2) is 36.4 Å². The van der Waals surface area contributed by atoms with Crippen LogP contribution in [0.2, 0.25) is 0 Å². The number of esters is 1. The third-order valence-electron chi connectivity index (χ3n) is 2.51. The van der Waals surface area contributed by atoms with Gasteiger partial charge in [0.2, 0.25) is 0 Å². The number of benzene rings is 2. The third kappa shape index (κ3) is 2.38. The van der Waals surface area contributed by atoms with Crippen molar-refractivity contribution in [2.45, 2.75) is 13.3 Å². The number of carbonyl (C=O) groups excluding carboxylic acids is 1. The van der Waals surface area contributed by atoms with Gasteiger partial charge in [-0.3, -0.25) is 0 Å². The van der Waals surface area contributed by atoms with Crippen LogP contribution in [0.4, 0.5) is 0 Å². The first-order valence-corrected chi connectivity index (χ1v) is 5.61. The van der Waals surface area contributed by atoms with Gasteiger partial charge >= 0.3 is 5.97 Å². The highest BCUT2D eigenvalue weighted by atomic mass is 16.5. The summed E-state index contributed by atoms with van der Waals surface area (Å²) in [7, 11) is 0. The highest BCUT2D eigenvalue weighted by Crippen LogP contribution is 2.26. The normalized spacial score (nSPS) is 10.4. The van der Waals surface area contributed by atoms with Crippen LogP contribution in [0.1, 0.15) is 23.7 Å². The lowest BCUT2D eigenvalue weighted by Gasteiger charge is -2.06. The molecule has 0 radical (unpaired) electrons. The Morgan fingerprint density at radius 3 is 2.82 bits per heavy atom. The minimum absolute atomic E-state index is 0.103. The van der Waals surface area contributed by atoms with E-state index in [0.29, 0.717) is 12.2 Å². The number of carbonyl (C=O) groups is 1. The van der Waals surface area contributed by atoms with E-state index >= 15 is 0 Å². The van der Waals surface area contributed by atoms with Crippen LogP contribution in [0.5, 0.6) is 5.75 Å². The Balaban J connectivity index is 2.39. The number of hydrogen-bond donors (Lipinski definition) is 1. The second-order valence-corrected chi connectivity index (χ2v) is 3.85. The Bertz CT molecular complexity index is 546. The topological polar surface area (TPSA) is 46.5 Å². The molecule has 0 unspecified atom stereocenters. The van der Waals surface area contributed by atoms with Crippen LogP contribution < -0.4 is 0 Å². The molecule has 88 valence electrons. The third-order valence-corrected chi connectivity index (χ3v) is 2.51. The first-order chi connectivity index (χ1) is 8.22. The Hall–Kier alpha value is -2.03. The molecule has 2 rings (SSSR count). The van der Waals surface area contributed by atoms with Crippen molar-refractivity contribution in [3.63, 3.8) is 0 Å². The van der Waals surface area contributed by atoms with Gasteiger partial charge in [0.25, 0.3) is 0 Å². The lowest BCUT2D eigenvalue weighted by atomic mass is 10.1. The molecular formula is C14H14O3. The number of aromatic hydroxyl groups is 1. The van der Waals surface area contributed by atoms with Crippen molar-refractivity contribution >= 4 is 16.7 Å². The molecule has 0 aliphatic heterocycles. The molecular weight excluding hydrogens is 216 g/mol. The quantitative estimate of drug-likeness (QED) is 0.824. The molecule has 0 aliphatic carbocycles. The summed E-state index contributed by atoms with van der Waals surface area (Å²) in [5.74, 6) is -0.292. The molecule has 2 aromatic rings. The fraction of sp³-hybridized carbons (Fsp3) is 0.214. The van der Waals surface area contributed by atoms with Gasteiger partial charge in [-0.05, 0) is 23.9 Å². The first kappa shape index (κ1) is 11.5. The van der Waals surface area contributed by atoms with Crippen LogP contribution in [0.3, 0.4) is 0 Å². The monoisotopic (exact) mass is 230 g/mol. The van der Waals surface area contributed by atoms with Crippen molar-refractivity contribution in [3.8, 4) is 5.75 Å². The minimum atomic E-state index is -0.395. The van der Waals surface area contributed by atoms with Crippen molar-refractivity contribution in [2.24, 2.45) is 0 Å². The molecule has 3 nitrogen and oxygen atoms in total. The van der Waals surface area contributed by atoms with E-state index in [-0.39, 0.29) is 5.75 Å². The summed E-state index contributed by atoms with van der Waals surface area (Å²) in [5.41, 5.74) is 0.384. The van der Waals surface area contributed by atoms with Crippen LogP contribution in [-0.4, -0.2) is 17.7 Å². The zero-order valence-corrected chi connectivity index (χ0v) is 9.64. The lowest BCUT2D eigenvalue weighted by Crippen LogP contribution is -2.05. The smallest absolute Gasteiger partial charge is 0.338 e. The lowest BCUT2D eigenvalue weighted by molar-refractivity contribution is 0.0505. The van der Waals surface area contributed by atoms with Gasteiger partial charge in [0.15, 0.2) is 0 Å². The SMILES string of the molecule is CCCOC(=O)c1cc(O)c2ccccc2c1. The summed E-state index contributed by atoms with van der Waals surface area (Å²) >= 11 is 0. The van der Waals surface area contributed by atoms with E-state index in [1.807, 2.05) is 31.2 Å². The van der Waals surface area contributed by atoms with Crippen LogP contribution in [-0.2, 0) is 4.74 Å². The van der Waals surface area contributed by atoms with E-state index in [0.717, 1.165) is 17.2 Å². The number of rotatable bonds is 3. The van der Waals surface area contributed by atoms with E-state index in [4.69, 9.17) is 4.74 Å².